The van der Waals surface area contributed by atoms with E-state index in [0.29, 0.717) is 19.3 Å². The third-order valence-electron chi connectivity index (χ3n) is 3.22. The molecule has 2 N–H and O–H groups in total. The van der Waals surface area contributed by atoms with Crippen LogP contribution in [0.25, 0.3) is 0 Å². The molecule has 1 saturated heterocycles. The monoisotopic (exact) mass is 232 g/mol. The lowest BCUT2D eigenvalue weighted by molar-refractivity contribution is -0.268. The van der Waals surface area contributed by atoms with Gasteiger partial charge in [0.2, 0.25) is 0 Å². The molecule has 2 aliphatic rings. The first-order chi connectivity index (χ1) is 7.35. The fraction of sp³-hybridized carbons (Fsp3) is 1.00. The maximum atomic E-state index is 9.67. The Morgan fingerprint density at radius 2 is 2.00 bits per heavy atom. The molecule has 0 amide bonds. The summed E-state index contributed by atoms with van der Waals surface area (Å²) in [5.74, 6) is -1.19. The number of aliphatic hydroxyl groups excluding tert-OH is 1. The Kier molecular flexibility index (Phi) is 3.01. The molecule has 1 heterocycles. The van der Waals surface area contributed by atoms with Crippen LogP contribution in [0.15, 0.2) is 0 Å². The molecule has 0 bridgehead atoms. The quantitative estimate of drug-likeness (QED) is 0.689. The third kappa shape index (κ3) is 2.24. The first kappa shape index (κ1) is 12.3. The largest absolute Gasteiger partial charge is 0.393 e. The maximum Gasteiger partial charge on any atom is 0.160 e. The normalized spacial score (nSPS) is 43.7. The van der Waals surface area contributed by atoms with Crippen molar-refractivity contribution in [1.29, 1.82) is 0 Å². The second kappa shape index (κ2) is 3.92. The van der Waals surface area contributed by atoms with Gasteiger partial charge in [0.15, 0.2) is 12.1 Å². The lowest BCUT2D eigenvalue weighted by Crippen LogP contribution is -2.56. The van der Waals surface area contributed by atoms with Gasteiger partial charge in [-0.25, -0.2) is 0 Å². The summed E-state index contributed by atoms with van der Waals surface area (Å²) in [4.78, 5) is 0. The lowest BCUT2D eigenvalue weighted by Gasteiger charge is -2.46. The zero-order valence-corrected chi connectivity index (χ0v) is 9.97. The predicted molar refractivity (Wildman–Crippen MR) is 55.6 cm³/mol. The molecular formula is C11H20O5. The summed E-state index contributed by atoms with van der Waals surface area (Å²) in [5.41, 5.74) is -0.472. The van der Waals surface area contributed by atoms with Gasteiger partial charge in [0, 0.05) is 26.4 Å². The van der Waals surface area contributed by atoms with E-state index in [1.54, 1.807) is 21.0 Å². The molecule has 1 saturated carbocycles. The van der Waals surface area contributed by atoms with Crippen LogP contribution in [0.4, 0.5) is 0 Å². The standard InChI is InChI=1S/C11H20O5/c1-10(2,13)15-8-4-9(14-3)16-11(8)5-7(12)6-11/h7-9,12-13H,4-6H2,1-3H3/t7?,8-,9+,11?/m0/s1. The average molecular weight is 232 g/mol. The lowest BCUT2D eigenvalue weighted by atomic mass is 9.74. The second-order valence-electron chi connectivity index (χ2n) is 5.20. The van der Waals surface area contributed by atoms with Gasteiger partial charge in [-0.3, -0.25) is 0 Å². The van der Waals surface area contributed by atoms with Crippen LogP contribution in [0.1, 0.15) is 33.1 Å². The summed E-state index contributed by atoms with van der Waals surface area (Å²) in [6, 6.07) is 0. The molecule has 5 nitrogen and oxygen atoms in total. The van der Waals surface area contributed by atoms with E-state index < -0.39 is 11.4 Å². The van der Waals surface area contributed by atoms with Gasteiger partial charge in [-0.15, -0.1) is 0 Å². The van der Waals surface area contributed by atoms with Gasteiger partial charge in [0.25, 0.3) is 0 Å². The van der Waals surface area contributed by atoms with Gasteiger partial charge < -0.3 is 24.4 Å². The van der Waals surface area contributed by atoms with Crippen molar-refractivity contribution in [3.63, 3.8) is 0 Å². The molecule has 16 heavy (non-hydrogen) atoms. The molecule has 1 spiro atoms. The van der Waals surface area contributed by atoms with E-state index >= 15 is 0 Å². The van der Waals surface area contributed by atoms with E-state index in [1.807, 2.05) is 0 Å². The van der Waals surface area contributed by atoms with Crippen LogP contribution in [0.5, 0.6) is 0 Å². The van der Waals surface area contributed by atoms with Gasteiger partial charge in [-0.2, -0.15) is 0 Å². The number of aliphatic hydroxyl groups is 2. The van der Waals surface area contributed by atoms with Crippen molar-refractivity contribution in [1.82, 2.24) is 0 Å². The van der Waals surface area contributed by atoms with Crippen LogP contribution < -0.4 is 0 Å². The topological polar surface area (TPSA) is 68.2 Å². The van der Waals surface area contributed by atoms with Crippen molar-refractivity contribution >= 4 is 0 Å². The SMILES string of the molecule is CO[C@H]1C[C@H](OC(C)(C)O)C2(CC(O)C2)O1. The van der Waals surface area contributed by atoms with E-state index in [2.05, 4.69) is 0 Å². The first-order valence-electron chi connectivity index (χ1n) is 5.63. The number of ether oxygens (including phenoxy) is 3. The van der Waals surface area contributed by atoms with Crippen LogP contribution in [-0.4, -0.2) is 47.2 Å². The smallest absolute Gasteiger partial charge is 0.160 e. The van der Waals surface area contributed by atoms with Crippen molar-refractivity contribution in [2.75, 3.05) is 7.11 Å². The van der Waals surface area contributed by atoms with Gasteiger partial charge in [0.05, 0.1) is 12.2 Å². The maximum absolute atomic E-state index is 9.67. The summed E-state index contributed by atoms with van der Waals surface area (Å²) in [7, 11) is 1.58. The molecule has 0 unspecified atom stereocenters. The van der Waals surface area contributed by atoms with Crippen LogP contribution in [-0.2, 0) is 14.2 Å². The van der Waals surface area contributed by atoms with Gasteiger partial charge in [0.1, 0.15) is 5.60 Å². The fourth-order valence-corrected chi connectivity index (χ4v) is 2.52. The highest BCUT2D eigenvalue weighted by Gasteiger charge is 2.58. The minimum atomic E-state index is -1.19. The third-order valence-corrected chi connectivity index (χ3v) is 3.22. The first-order valence-corrected chi connectivity index (χ1v) is 5.63. The Hall–Kier alpha value is -0.200. The molecule has 0 aromatic carbocycles. The Morgan fingerprint density at radius 1 is 1.38 bits per heavy atom. The number of hydrogen-bond donors (Lipinski definition) is 2. The Labute approximate surface area is 95.3 Å². The fourth-order valence-electron chi connectivity index (χ4n) is 2.52. The molecule has 1 aliphatic carbocycles. The van der Waals surface area contributed by atoms with E-state index in [4.69, 9.17) is 14.2 Å². The van der Waals surface area contributed by atoms with Crippen molar-refractivity contribution in [2.24, 2.45) is 0 Å². The number of rotatable bonds is 3. The van der Waals surface area contributed by atoms with E-state index in [1.165, 1.54) is 0 Å². The summed E-state index contributed by atoms with van der Waals surface area (Å²) in [6.07, 6.45) is 0.832. The molecule has 94 valence electrons. The van der Waals surface area contributed by atoms with Crippen molar-refractivity contribution in [2.45, 2.75) is 63.0 Å². The molecule has 0 radical (unpaired) electrons. The van der Waals surface area contributed by atoms with Crippen LogP contribution in [0.2, 0.25) is 0 Å². The van der Waals surface area contributed by atoms with E-state index in [0.717, 1.165) is 0 Å². The van der Waals surface area contributed by atoms with Crippen molar-refractivity contribution in [3.05, 3.63) is 0 Å². The molecule has 2 atom stereocenters. The zero-order chi connectivity index (χ0) is 12.0. The summed E-state index contributed by atoms with van der Waals surface area (Å²) >= 11 is 0. The van der Waals surface area contributed by atoms with Crippen molar-refractivity contribution in [3.8, 4) is 0 Å². The zero-order valence-electron chi connectivity index (χ0n) is 9.97. The number of hydrogen-bond acceptors (Lipinski definition) is 5. The molecule has 0 aromatic heterocycles. The number of methoxy groups -OCH3 is 1. The van der Waals surface area contributed by atoms with Crippen molar-refractivity contribution < 1.29 is 24.4 Å². The van der Waals surface area contributed by atoms with E-state index in [-0.39, 0.29) is 18.5 Å². The van der Waals surface area contributed by atoms with Gasteiger partial charge in [-0.1, -0.05) is 0 Å². The molecular weight excluding hydrogens is 212 g/mol. The molecule has 0 aromatic rings. The summed E-state index contributed by atoms with van der Waals surface area (Å²) < 4.78 is 16.5. The predicted octanol–water partition coefficient (Wildman–Crippen LogP) is 0.386. The molecule has 2 rings (SSSR count). The highest BCUT2D eigenvalue weighted by Crippen LogP contribution is 2.48. The highest BCUT2D eigenvalue weighted by atomic mass is 16.7. The van der Waals surface area contributed by atoms with E-state index in [9.17, 15) is 10.2 Å². The van der Waals surface area contributed by atoms with Crippen LogP contribution in [0.3, 0.4) is 0 Å². The summed E-state index contributed by atoms with van der Waals surface area (Å²) in [5, 5.41) is 19.1. The van der Waals surface area contributed by atoms with Crippen LogP contribution >= 0.6 is 0 Å². The van der Waals surface area contributed by atoms with Gasteiger partial charge in [-0.05, 0) is 13.8 Å². The second-order valence-corrected chi connectivity index (χ2v) is 5.20. The highest BCUT2D eigenvalue weighted by molar-refractivity contribution is 5.06. The summed E-state index contributed by atoms with van der Waals surface area (Å²) in [6.45, 7) is 3.19. The Morgan fingerprint density at radius 3 is 2.44 bits per heavy atom. The Bertz CT molecular complexity index is 254. The average Bonchev–Trinajstić information content (AvgIpc) is 2.41. The van der Waals surface area contributed by atoms with Crippen LogP contribution in [0, 0.1) is 0 Å². The minimum absolute atomic E-state index is 0.221. The minimum Gasteiger partial charge on any atom is -0.393 e. The molecule has 2 fully saturated rings. The van der Waals surface area contributed by atoms with Gasteiger partial charge >= 0.3 is 0 Å². The molecule has 5 heteroatoms. The Balaban J connectivity index is 2.04. The molecule has 1 aliphatic heterocycles.